The van der Waals surface area contributed by atoms with E-state index in [4.69, 9.17) is 23.7 Å². The Morgan fingerprint density at radius 1 is 0.420 bits per heavy atom. The molecule has 1 heterocycles. The molecule has 12 nitrogen and oxygen atoms in total. The van der Waals surface area contributed by atoms with Crippen LogP contribution in [0.25, 0.3) is 0 Å². The monoisotopic (exact) mass is 1130 g/mol. The fourth-order valence-corrected chi connectivity index (χ4v) is 8.73. The van der Waals surface area contributed by atoms with Crippen LogP contribution in [0.1, 0.15) is 239 Å². The first-order chi connectivity index (χ1) is 39.6. The SMILES string of the molecule is CC/C=C\C/C=C\C/C=C\C/C=C\C/C=C\CCCCCC(=O)OCC(COC1OC(C(=O)O)C(O)C(O)C1OC(=O)CCCCCCCC/C=C\C/C=C\C/C=C\C/C=C\CC)OC(=O)CCCCCCC/C=C\CCCCCC. The maximum Gasteiger partial charge on any atom is 0.335 e. The van der Waals surface area contributed by atoms with Gasteiger partial charge in [-0.15, -0.1) is 0 Å². The lowest BCUT2D eigenvalue weighted by Crippen LogP contribution is -2.61. The largest absolute Gasteiger partial charge is 0.479 e. The highest BCUT2D eigenvalue weighted by Gasteiger charge is 2.50. The summed E-state index contributed by atoms with van der Waals surface area (Å²) in [5.74, 6) is -3.20. The van der Waals surface area contributed by atoms with Gasteiger partial charge in [0.15, 0.2) is 24.6 Å². The maximum absolute atomic E-state index is 13.2. The van der Waals surface area contributed by atoms with Crippen LogP contribution in [0.5, 0.6) is 0 Å². The molecule has 0 spiro atoms. The van der Waals surface area contributed by atoms with E-state index in [2.05, 4.69) is 142 Å². The van der Waals surface area contributed by atoms with E-state index < -0.39 is 67.3 Å². The van der Waals surface area contributed by atoms with Crippen LogP contribution in [0.3, 0.4) is 0 Å². The quantitative estimate of drug-likeness (QED) is 0.0228. The number of aliphatic carboxylic acids is 1. The van der Waals surface area contributed by atoms with Gasteiger partial charge in [-0.1, -0.05) is 213 Å². The van der Waals surface area contributed by atoms with Crippen LogP contribution in [-0.4, -0.2) is 89.2 Å². The van der Waals surface area contributed by atoms with Crippen molar-refractivity contribution in [1.29, 1.82) is 0 Å². The molecule has 1 rings (SSSR count). The molecular weight excluding hydrogens is 1020 g/mol. The number of unbranched alkanes of at least 4 members (excludes halogenated alkanes) is 18. The van der Waals surface area contributed by atoms with Crippen LogP contribution in [0.15, 0.2) is 122 Å². The summed E-state index contributed by atoms with van der Waals surface area (Å²) in [6.45, 7) is 5.71. The molecule has 6 atom stereocenters. The van der Waals surface area contributed by atoms with E-state index >= 15 is 0 Å². The first-order valence-corrected chi connectivity index (χ1v) is 31.5. The van der Waals surface area contributed by atoms with Gasteiger partial charge in [-0.2, -0.15) is 0 Å². The van der Waals surface area contributed by atoms with E-state index in [9.17, 15) is 34.5 Å². The first kappa shape index (κ1) is 74.1. The van der Waals surface area contributed by atoms with Crippen molar-refractivity contribution in [2.24, 2.45) is 0 Å². The number of hydrogen-bond acceptors (Lipinski definition) is 11. The number of ether oxygens (including phenoxy) is 5. The minimum Gasteiger partial charge on any atom is -0.479 e. The molecule has 3 N–H and O–H groups in total. The molecule has 0 bridgehead atoms. The van der Waals surface area contributed by atoms with Crippen molar-refractivity contribution in [3.63, 3.8) is 0 Å². The molecule has 0 radical (unpaired) electrons. The second kappa shape index (κ2) is 55.6. The third-order valence-electron chi connectivity index (χ3n) is 13.5. The third-order valence-corrected chi connectivity index (χ3v) is 13.5. The Bertz CT molecular complexity index is 1870. The Kier molecular flexibility index (Phi) is 50.9. The van der Waals surface area contributed by atoms with Gasteiger partial charge in [-0.3, -0.25) is 14.4 Å². The number of aliphatic hydroxyl groups is 2. The number of esters is 3. The Labute approximate surface area is 490 Å². The van der Waals surface area contributed by atoms with Gasteiger partial charge in [0.05, 0.1) is 6.61 Å². The lowest BCUT2D eigenvalue weighted by Gasteiger charge is -2.40. The topological polar surface area (TPSA) is 175 Å². The molecule has 81 heavy (non-hydrogen) atoms. The molecule has 12 heteroatoms. The highest BCUT2D eigenvalue weighted by Crippen LogP contribution is 2.26. The van der Waals surface area contributed by atoms with E-state index in [0.29, 0.717) is 19.3 Å². The van der Waals surface area contributed by atoms with Gasteiger partial charge >= 0.3 is 23.9 Å². The summed E-state index contributed by atoms with van der Waals surface area (Å²) < 4.78 is 28.4. The van der Waals surface area contributed by atoms with E-state index in [1.807, 2.05) is 0 Å². The summed E-state index contributed by atoms with van der Waals surface area (Å²) in [7, 11) is 0. The molecule has 0 aromatic heterocycles. The number of carbonyl (C=O) groups excluding carboxylic acids is 3. The lowest BCUT2D eigenvalue weighted by atomic mass is 9.98. The van der Waals surface area contributed by atoms with Gasteiger partial charge in [-0.05, 0) is 128 Å². The zero-order chi connectivity index (χ0) is 58.9. The average Bonchev–Trinajstić information content (AvgIpc) is 3.45. The average molecular weight is 1130 g/mol. The van der Waals surface area contributed by atoms with Gasteiger partial charge in [0.25, 0.3) is 0 Å². The highest BCUT2D eigenvalue weighted by atomic mass is 16.7. The predicted molar refractivity (Wildman–Crippen MR) is 330 cm³/mol. The molecule has 0 aromatic carbocycles. The highest BCUT2D eigenvalue weighted by molar-refractivity contribution is 5.74. The van der Waals surface area contributed by atoms with Gasteiger partial charge in [-0.25, -0.2) is 4.79 Å². The van der Waals surface area contributed by atoms with Crippen molar-refractivity contribution in [2.75, 3.05) is 13.2 Å². The number of carboxylic acids is 1. The molecule has 1 aliphatic heterocycles. The standard InChI is InChI=1S/C69H110O12/c1-4-7-10-13-16-19-22-25-27-29-31-33-35-38-40-43-46-49-52-55-61(70)77-58-60(79-62(71)56-53-50-47-44-41-37-24-21-18-15-12-9-6-3)59-78-69-67(65(74)64(73)66(81-69)68(75)76)80-63(72)57-54-51-48-45-42-39-36-34-32-30-28-26-23-20-17-14-11-8-5-2/h7-8,10-11,16-17,19-21,24-28,31-34,38,40,60,64-67,69,73-74H,4-6,9,12-15,18,22-23,29-30,35-37,39,41-59H2,1-3H3,(H,75,76)/b10-7-,11-8-,19-16-,20-17-,24-21-,27-25-,28-26-,33-31-,34-32-,40-38-. The summed E-state index contributed by atoms with van der Waals surface area (Å²) in [5, 5.41) is 31.6. The van der Waals surface area contributed by atoms with E-state index in [1.54, 1.807) is 0 Å². The van der Waals surface area contributed by atoms with E-state index in [0.717, 1.165) is 154 Å². The second-order valence-electron chi connectivity index (χ2n) is 20.9. The Balaban J connectivity index is 2.70. The number of carbonyl (C=O) groups is 4. The van der Waals surface area contributed by atoms with Gasteiger partial charge in [0, 0.05) is 19.3 Å². The Hall–Kier alpha value is -4.88. The lowest BCUT2D eigenvalue weighted by molar-refractivity contribution is -0.301. The molecule has 0 aromatic rings. The predicted octanol–water partition coefficient (Wildman–Crippen LogP) is 16.8. The van der Waals surface area contributed by atoms with Crippen molar-refractivity contribution in [2.45, 2.75) is 276 Å². The van der Waals surface area contributed by atoms with Crippen molar-refractivity contribution < 1.29 is 58.2 Å². The van der Waals surface area contributed by atoms with Crippen LogP contribution < -0.4 is 0 Å². The number of rotatable bonds is 52. The smallest absolute Gasteiger partial charge is 0.335 e. The molecule has 6 unspecified atom stereocenters. The van der Waals surface area contributed by atoms with Crippen molar-refractivity contribution in [3.8, 4) is 0 Å². The Morgan fingerprint density at radius 3 is 1.21 bits per heavy atom. The first-order valence-electron chi connectivity index (χ1n) is 31.5. The van der Waals surface area contributed by atoms with Crippen LogP contribution >= 0.6 is 0 Å². The summed E-state index contributed by atoms with van der Waals surface area (Å²) in [6.07, 6.45) is 64.4. The number of allylic oxidation sites excluding steroid dienone is 20. The molecule has 0 amide bonds. The minimum atomic E-state index is -1.92. The van der Waals surface area contributed by atoms with E-state index in [1.165, 1.54) is 25.7 Å². The summed E-state index contributed by atoms with van der Waals surface area (Å²) in [5.41, 5.74) is 0. The van der Waals surface area contributed by atoms with Crippen molar-refractivity contribution in [3.05, 3.63) is 122 Å². The molecule has 458 valence electrons. The molecule has 1 aliphatic rings. The Morgan fingerprint density at radius 2 is 0.778 bits per heavy atom. The van der Waals surface area contributed by atoms with Crippen molar-refractivity contribution >= 4 is 23.9 Å². The molecule has 1 saturated heterocycles. The van der Waals surface area contributed by atoms with Gasteiger partial charge in [0.1, 0.15) is 18.8 Å². The van der Waals surface area contributed by atoms with Crippen LogP contribution in [0.4, 0.5) is 0 Å². The fourth-order valence-electron chi connectivity index (χ4n) is 8.73. The number of aliphatic hydroxyl groups excluding tert-OH is 2. The molecule has 1 fully saturated rings. The zero-order valence-electron chi connectivity index (χ0n) is 50.5. The normalized spacial score (nSPS) is 18.6. The van der Waals surface area contributed by atoms with Crippen LogP contribution in [0.2, 0.25) is 0 Å². The minimum absolute atomic E-state index is 0.0339. The van der Waals surface area contributed by atoms with E-state index in [-0.39, 0.29) is 25.9 Å². The summed E-state index contributed by atoms with van der Waals surface area (Å²) in [6, 6.07) is 0. The molecule has 0 aliphatic carbocycles. The van der Waals surface area contributed by atoms with Gasteiger partial charge in [0.2, 0.25) is 0 Å². The zero-order valence-corrected chi connectivity index (χ0v) is 50.5. The summed E-state index contributed by atoms with van der Waals surface area (Å²) >= 11 is 0. The third kappa shape index (κ3) is 45.3. The number of carboxylic acid groups (broad SMARTS) is 1. The maximum atomic E-state index is 13.2. The fraction of sp³-hybridized carbons (Fsp3) is 0.652. The molecular formula is C69H110O12. The van der Waals surface area contributed by atoms with Crippen molar-refractivity contribution in [1.82, 2.24) is 0 Å². The number of hydrogen-bond donors (Lipinski definition) is 3. The molecule has 0 saturated carbocycles. The second-order valence-corrected chi connectivity index (χ2v) is 20.9. The van der Waals surface area contributed by atoms with Crippen LogP contribution in [-0.2, 0) is 42.9 Å². The summed E-state index contributed by atoms with van der Waals surface area (Å²) in [4.78, 5) is 51.3. The van der Waals surface area contributed by atoms with Crippen LogP contribution in [0, 0.1) is 0 Å². The van der Waals surface area contributed by atoms with Gasteiger partial charge < -0.3 is 39.0 Å².